The van der Waals surface area contributed by atoms with E-state index in [0.717, 1.165) is 27.5 Å². The van der Waals surface area contributed by atoms with Gasteiger partial charge in [0.25, 0.3) is 0 Å². The van der Waals surface area contributed by atoms with Crippen molar-refractivity contribution in [2.75, 3.05) is 13.1 Å². The van der Waals surface area contributed by atoms with E-state index in [0.29, 0.717) is 0 Å². The molecule has 26 heavy (non-hydrogen) atoms. The summed E-state index contributed by atoms with van der Waals surface area (Å²) in [5.41, 5.74) is 0.765. The number of aliphatic carboxylic acids is 1. The normalized spacial score (nSPS) is 16.9. The Labute approximate surface area is 149 Å². The number of hydrogen-bond donors (Lipinski definition) is 2. The Morgan fingerprint density at radius 3 is 2.46 bits per heavy atom. The lowest BCUT2D eigenvalue weighted by atomic mass is 9.91. The van der Waals surface area contributed by atoms with E-state index in [1.165, 1.54) is 0 Å². The molecule has 2 aromatic carbocycles. The zero-order valence-corrected chi connectivity index (χ0v) is 14.1. The summed E-state index contributed by atoms with van der Waals surface area (Å²) < 4.78 is 5.80. The van der Waals surface area contributed by atoms with Crippen molar-refractivity contribution >= 4 is 33.8 Å². The van der Waals surface area contributed by atoms with Crippen LogP contribution < -0.4 is 0 Å². The first-order chi connectivity index (χ1) is 12.5. The average molecular weight is 353 g/mol. The predicted octanol–water partition coefficient (Wildman–Crippen LogP) is 2.57. The average Bonchev–Trinajstić information content (AvgIpc) is 3.00. The molecule has 0 saturated carbocycles. The van der Waals surface area contributed by atoms with Crippen LogP contribution in [0.15, 0.2) is 46.9 Å². The molecule has 0 atom stereocenters. The van der Waals surface area contributed by atoms with Crippen LogP contribution in [0.3, 0.4) is 0 Å². The van der Waals surface area contributed by atoms with Gasteiger partial charge in [0.1, 0.15) is 11.2 Å². The third kappa shape index (κ3) is 2.82. The summed E-state index contributed by atoms with van der Waals surface area (Å²) in [4.78, 5) is 25.3. The number of carbonyl (C=O) groups excluding carboxylic acids is 1. The molecular weight excluding hydrogens is 334 g/mol. The highest BCUT2D eigenvalue weighted by Crippen LogP contribution is 2.29. The third-order valence-corrected chi connectivity index (χ3v) is 5.14. The van der Waals surface area contributed by atoms with Crippen molar-refractivity contribution in [3.05, 3.63) is 48.0 Å². The number of carboxylic acid groups (broad SMARTS) is 1. The van der Waals surface area contributed by atoms with Crippen LogP contribution in [-0.4, -0.2) is 45.7 Å². The molecule has 1 saturated heterocycles. The van der Waals surface area contributed by atoms with Crippen molar-refractivity contribution in [3.63, 3.8) is 0 Å². The van der Waals surface area contributed by atoms with Gasteiger partial charge in [0.15, 0.2) is 5.60 Å². The van der Waals surface area contributed by atoms with E-state index in [4.69, 9.17) is 9.52 Å². The highest BCUT2D eigenvalue weighted by Gasteiger charge is 2.40. The molecule has 2 heterocycles. The Morgan fingerprint density at radius 1 is 1.04 bits per heavy atom. The minimum atomic E-state index is -1.72. The van der Waals surface area contributed by atoms with Crippen molar-refractivity contribution in [1.29, 1.82) is 0 Å². The van der Waals surface area contributed by atoms with Gasteiger partial charge in [0, 0.05) is 36.7 Å². The second kappa shape index (κ2) is 6.14. The zero-order valence-electron chi connectivity index (χ0n) is 14.1. The molecule has 6 nitrogen and oxygen atoms in total. The number of hydrogen-bond acceptors (Lipinski definition) is 4. The van der Waals surface area contributed by atoms with Gasteiger partial charge in [-0.15, -0.1) is 0 Å². The molecule has 1 aliphatic rings. The number of furan rings is 1. The van der Waals surface area contributed by atoms with Gasteiger partial charge in [0.05, 0.1) is 6.42 Å². The van der Waals surface area contributed by atoms with Crippen molar-refractivity contribution in [1.82, 2.24) is 4.90 Å². The van der Waals surface area contributed by atoms with E-state index >= 15 is 0 Å². The van der Waals surface area contributed by atoms with E-state index in [1.54, 1.807) is 4.90 Å². The minimum Gasteiger partial charge on any atom is -0.479 e. The summed E-state index contributed by atoms with van der Waals surface area (Å²) in [6, 6.07) is 13.5. The van der Waals surface area contributed by atoms with Gasteiger partial charge in [-0.25, -0.2) is 4.79 Å². The number of likely N-dealkylation sites (tertiary alicyclic amines) is 1. The first-order valence-corrected chi connectivity index (χ1v) is 8.60. The molecule has 6 heteroatoms. The molecular formula is C20H19NO5. The first-order valence-electron chi connectivity index (χ1n) is 8.60. The first kappa shape index (κ1) is 16.6. The smallest absolute Gasteiger partial charge is 0.335 e. The maximum atomic E-state index is 12.6. The quantitative estimate of drug-likeness (QED) is 0.755. The second-order valence-electron chi connectivity index (χ2n) is 6.82. The molecule has 3 aromatic rings. The van der Waals surface area contributed by atoms with Crippen molar-refractivity contribution in [2.45, 2.75) is 24.9 Å². The van der Waals surface area contributed by atoms with Gasteiger partial charge in [-0.2, -0.15) is 0 Å². The van der Waals surface area contributed by atoms with E-state index in [-0.39, 0.29) is 38.3 Å². The zero-order chi connectivity index (χ0) is 18.3. The largest absolute Gasteiger partial charge is 0.479 e. The number of rotatable bonds is 3. The van der Waals surface area contributed by atoms with E-state index in [2.05, 4.69) is 0 Å². The van der Waals surface area contributed by atoms with E-state index < -0.39 is 11.6 Å². The van der Waals surface area contributed by atoms with Crippen molar-refractivity contribution in [2.24, 2.45) is 0 Å². The number of carboxylic acids is 1. The number of nitrogens with zero attached hydrogens (tertiary/aromatic N) is 1. The van der Waals surface area contributed by atoms with Crippen LogP contribution in [-0.2, 0) is 16.0 Å². The van der Waals surface area contributed by atoms with Crippen LogP contribution in [0.1, 0.15) is 18.4 Å². The van der Waals surface area contributed by atoms with Crippen LogP contribution in [0.25, 0.3) is 21.9 Å². The summed E-state index contributed by atoms with van der Waals surface area (Å²) in [7, 11) is 0. The van der Waals surface area contributed by atoms with Crippen LogP contribution >= 0.6 is 0 Å². The van der Waals surface area contributed by atoms with Crippen LogP contribution in [0.2, 0.25) is 0 Å². The minimum absolute atomic E-state index is 0.0550. The molecule has 0 spiro atoms. The molecule has 1 aliphatic heterocycles. The van der Waals surface area contributed by atoms with Crippen LogP contribution in [0.4, 0.5) is 0 Å². The highest BCUT2D eigenvalue weighted by atomic mass is 16.4. The molecule has 0 aliphatic carbocycles. The number of para-hydroxylation sites is 1. The monoisotopic (exact) mass is 353 g/mol. The fraction of sp³-hybridized carbons (Fsp3) is 0.300. The third-order valence-electron chi connectivity index (χ3n) is 5.14. The maximum Gasteiger partial charge on any atom is 0.335 e. The van der Waals surface area contributed by atoms with Gasteiger partial charge in [-0.3, -0.25) is 4.79 Å². The van der Waals surface area contributed by atoms with E-state index in [9.17, 15) is 14.7 Å². The molecule has 4 rings (SSSR count). The summed E-state index contributed by atoms with van der Waals surface area (Å²) in [5, 5.41) is 21.0. The molecule has 1 amide bonds. The fourth-order valence-corrected chi connectivity index (χ4v) is 3.51. The summed E-state index contributed by atoms with van der Waals surface area (Å²) in [5.74, 6) is -1.29. The lowest BCUT2D eigenvalue weighted by molar-refractivity contribution is -0.165. The summed E-state index contributed by atoms with van der Waals surface area (Å²) in [6.45, 7) is 0.497. The van der Waals surface area contributed by atoms with Crippen molar-refractivity contribution < 1.29 is 24.2 Å². The number of benzene rings is 2. The molecule has 1 fully saturated rings. The standard InChI is InChI=1S/C20H19NO5/c22-18(21-9-7-20(25,8-10-21)19(23)24)12-13-5-6-17-15(11-13)14-3-1-2-4-16(14)26-17/h1-6,11,25H,7-10,12H2,(H,23,24). The summed E-state index contributed by atoms with van der Waals surface area (Å²) in [6.07, 6.45) is 0.347. The van der Waals surface area contributed by atoms with Gasteiger partial charge in [0.2, 0.25) is 5.91 Å². The lowest BCUT2D eigenvalue weighted by Gasteiger charge is -2.35. The number of piperidine rings is 1. The molecule has 1 aromatic heterocycles. The topological polar surface area (TPSA) is 91.0 Å². The molecule has 0 unspecified atom stereocenters. The van der Waals surface area contributed by atoms with Crippen LogP contribution in [0.5, 0.6) is 0 Å². The maximum absolute atomic E-state index is 12.6. The predicted molar refractivity (Wildman–Crippen MR) is 95.8 cm³/mol. The Kier molecular flexibility index (Phi) is 3.92. The number of amides is 1. The summed E-state index contributed by atoms with van der Waals surface area (Å²) >= 11 is 0. The number of aliphatic hydroxyl groups is 1. The Bertz CT molecular complexity index is 998. The number of carbonyl (C=O) groups is 2. The van der Waals surface area contributed by atoms with Gasteiger partial charge < -0.3 is 19.5 Å². The van der Waals surface area contributed by atoms with Crippen LogP contribution in [0, 0.1) is 0 Å². The van der Waals surface area contributed by atoms with E-state index in [1.807, 2.05) is 42.5 Å². The SMILES string of the molecule is O=C(Cc1ccc2oc3ccccc3c2c1)N1CCC(O)(C(=O)O)CC1. The molecule has 0 radical (unpaired) electrons. The molecule has 2 N–H and O–H groups in total. The van der Waals surface area contributed by atoms with Gasteiger partial charge in [-0.1, -0.05) is 24.3 Å². The highest BCUT2D eigenvalue weighted by molar-refractivity contribution is 6.05. The number of fused-ring (bicyclic) bond motifs is 3. The Balaban J connectivity index is 1.51. The molecule has 134 valence electrons. The van der Waals surface area contributed by atoms with Gasteiger partial charge in [-0.05, 0) is 23.8 Å². The van der Waals surface area contributed by atoms with Gasteiger partial charge >= 0.3 is 5.97 Å². The van der Waals surface area contributed by atoms with Crippen molar-refractivity contribution in [3.8, 4) is 0 Å². The fourth-order valence-electron chi connectivity index (χ4n) is 3.51. The Hall–Kier alpha value is -2.86. The Morgan fingerprint density at radius 2 is 1.73 bits per heavy atom. The lowest BCUT2D eigenvalue weighted by Crippen LogP contribution is -2.51. The second-order valence-corrected chi connectivity index (χ2v) is 6.82. The molecule has 0 bridgehead atoms.